The molecule has 1 aromatic carbocycles. The van der Waals surface area contributed by atoms with Crippen LogP contribution in [0, 0.1) is 5.82 Å². The number of hydrogen-bond acceptors (Lipinski definition) is 4. The van der Waals surface area contributed by atoms with Crippen LogP contribution in [-0.2, 0) is 11.8 Å². The van der Waals surface area contributed by atoms with Crippen LogP contribution in [0.4, 0.5) is 9.52 Å². The van der Waals surface area contributed by atoms with E-state index in [1.165, 1.54) is 12.1 Å². The minimum atomic E-state index is -0.196. The van der Waals surface area contributed by atoms with E-state index in [2.05, 4.69) is 35.8 Å². The fourth-order valence-electron chi connectivity index (χ4n) is 2.25. The highest BCUT2D eigenvalue weighted by atomic mass is 32.1. The van der Waals surface area contributed by atoms with Gasteiger partial charge in [0.25, 0.3) is 0 Å². The zero-order valence-corrected chi connectivity index (χ0v) is 14.7. The second-order valence-electron chi connectivity index (χ2n) is 6.79. The lowest BCUT2D eigenvalue weighted by Gasteiger charge is -2.15. The Labute approximate surface area is 139 Å². The predicted molar refractivity (Wildman–Crippen MR) is 92.9 cm³/mol. The van der Waals surface area contributed by atoms with Gasteiger partial charge in [-0.05, 0) is 24.1 Å². The number of benzene rings is 1. The van der Waals surface area contributed by atoms with Gasteiger partial charge < -0.3 is 4.90 Å². The van der Waals surface area contributed by atoms with Gasteiger partial charge in [-0.1, -0.05) is 44.2 Å². The number of nitrogens with zero attached hydrogens (tertiary/aromatic N) is 4. The molecule has 0 unspecified atom stereocenters. The molecule has 4 nitrogen and oxygen atoms in total. The molecule has 0 aliphatic rings. The maximum atomic E-state index is 12.9. The monoisotopic (exact) mass is 332 g/mol. The molecule has 3 aromatic rings. The van der Waals surface area contributed by atoms with Crippen molar-refractivity contribution in [2.45, 2.75) is 32.6 Å². The first kappa shape index (κ1) is 15.9. The lowest BCUT2D eigenvalue weighted by atomic mass is 9.93. The third-order valence-corrected chi connectivity index (χ3v) is 4.81. The summed E-state index contributed by atoms with van der Waals surface area (Å²) in [4.78, 5) is 7.69. The van der Waals surface area contributed by atoms with Gasteiger partial charge in [0.1, 0.15) is 5.82 Å². The molecule has 0 atom stereocenters. The number of imidazole rings is 1. The molecule has 0 bridgehead atoms. The SMILES string of the molecule is CN(CCc1ccc(F)cc1)c1nn2cc(C(C)(C)C)nc2s1. The molecule has 0 saturated heterocycles. The first-order valence-electron chi connectivity index (χ1n) is 7.65. The molecule has 0 fully saturated rings. The van der Waals surface area contributed by atoms with Gasteiger partial charge in [-0.2, -0.15) is 0 Å². The largest absolute Gasteiger partial charge is 0.349 e. The fraction of sp³-hybridized carbons (Fsp3) is 0.412. The Morgan fingerprint density at radius 3 is 2.52 bits per heavy atom. The first-order valence-corrected chi connectivity index (χ1v) is 8.47. The summed E-state index contributed by atoms with van der Waals surface area (Å²) < 4.78 is 14.8. The van der Waals surface area contributed by atoms with Gasteiger partial charge in [0.15, 0.2) is 0 Å². The van der Waals surface area contributed by atoms with E-state index >= 15 is 0 Å². The van der Waals surface area contributed by atoms with Crippen molar-refractivity contribution >= 4 is 21.4 Å². The molecular formula is C17H21FN4S. The standard InChI is InChI=1S/C17H21FN4S/c1-17(2,3)14-11-22-15(19-14)23-16(20-22)21(4)10-9-12-5-7-13(18)8-6-12/h5-8,11H,9-10H2,1-4H3. The van der Waals surface area contributed by atoms with Crippen molar-refractivity contribution in [1.82, 2.24) is 14.6 Å². The van der Waals surface area contributed by atoms with Crippen LogP contribution < -0.4 is 4.90 Å². The Hall–Kier alpha value is -1.95. The van der Waals surface area contributed by atoms with Crippen LogP contribution in [-0.4, -0.2) is 28.2 Å². The van der Waals surface area contributed by atoms with Gasteiger partial charge >= 0.3 is 0 Å². The molecule has 3 rings (SSSR count). The maximum Gasteiger partial charge on any atom is 0.214 e. The molecule has 0 aliphatic heterocycles. The number of hydrogen-bond donors (Lipinski definition) is 0. The normalized spacial score (nSPS) is 12.0. The maximum absolute atomic E-state index is 12.9. The Morgan fingerprint density at radius 1 is 1.22 bits per heavy atom. The van der Waals surface area contributed by atoms with Crippen LogP contribution in [0.1, 0.15) is 32.0 Å². The number of rotatable bonds is 4. The summed E-state index contributed by atoms with van der Waals surface area (Å²) >= 11 is 1.59. The number of anilines is 1. The average molecular weight is 332 g/mol. The highest BCUT2D eigenvalue weighted by Crippen LogP contribution is 2.27. The van der Waals surface area contributed by atoms with Crippen molar-refractivity contribution in [3.05, 3.63) is 47.5 Å². The summed E-state index contributed by atoms with van der Waals surface area (Å²) in [6.45, 7) is 7.27. The zero-order chi connectivity index (χ0) is 16.6. The van der Waals surface area contributed by atoms with Crippen LogP contribution >= 0.6 is 11.3 Å². The second kappa shape index (κ2) is 5.92. The van der Waals surface area contributed by atoms with E-state index in [1.807, 2.05) is 29.9 Å². The number of likely N-dealkylation sites (N-methyl/N-ethyl adjacent to an activating group) is 1. The van der Waals surface area contributed by atoms with E-state index in [0.717, 1.165) is 34.3 Å². The van der Waals surface area contributed by atoms with Gasteiger partial charge in [-0.25, -0.2) is 13.9 Å². The third-order valence-electron chi connectivity index (χ3n) is 3.78. The van der Waals surface area contributed by atoms with E-state index in [0.29, 0.717) is 0 Å². The van der Waals surface area contributed by atoms with Gasteiger partial charge in [0.05, 0.1) is 11.9 Å². The summed E-state index contributed by atoms with van der Waals surface area (Å²) in [6, 6.07) is 6.66. The van der Waals surface area contributed by atoms with E-state index in [1.54, 1.807) is 11.3 Å². The highest BCUT2D eigenvalue weighted by Gasteiger charge is 2.20. The minimum Gasteiger partial charge on any atom is -0.349 e. The zero-order valence-electron chi connectivity index (χ0n) is 13.9. The predicted octanol–water partition coefficient (Wildman–Crippen LogP) is 3.91. The van der Waals surface area contributed by atoms with E-state index in [4.69, 9.17) is 0 Å². The van der Waals surface area contributed by atoms with Crippen molar-refractivity contribution in [1.29, 1.82) is 0 Å². The smallest absolute Gasteiger partial charge is 0.214 e. The van der Waals surface area contributed by atoms with Crippen LogP contribution in [0.15, 0.2) is 30.5 Å². The van der Waals surface area contributed by atoms with Crippen molar-refractivity contribution in [3.63, 3.8) is 0 Å². The molecule has 0 amide bonds. The van der Waals surface area contributed by atoms with Crippen LogP contribution in [0.3, 0.4) is 0 Å². The van der Waals surface area contributed by atoms with Crippen LogP contribution in [0.25, 0.3) is 4.96 Å². The van der Waals surface area contributed by atoms with Crippen molar-refractivity contribution in [2.75, 3.05) is 18.5 Å². The summed E-state index contributed by atoms with van der Waals surface area (Å²) in [6.07, 6.45) is 2.86. The van der Waals surface area contributed by atoms with Gasteiger partial charge in [-0.3, -0.25) is 0 Å². The molecule has 2 heterocycles. The Bertz CT molecular complexity index is 767. The second-order valence-corrected chi connectivity index (χ2v) is 7.72. The molecule has 23 heavy (non-hydrogen) atoms. The molecule has 0 saturated carbocycles. The number of aromatic nitrogens is 3. The highest BCUT2D eigenvalue weighted by molar-refractivity contribution is 7.20. The molecule has 6 heteroatoms. The Balaban J connectivity index is 1.69. The first-order chi connectivity index (χ1) is 10.8. The van der Waals surface area contributed by atoms with E-state index < -0.39 is 0 Å². The third kappa shape index (κ3) is 3.52. The van der Waals surface area contributed by atoms with Crippen molar-refractivity contribution in [3.8, 4) is 0 Å². The topological polar surface area (TPSA) is 33.4 Å². The van der Waals surface area contributed by atoms with Gasteiger partial charge in [-0.15, -0.1) is 5.10 Å². The average Bonchev–Trinajstić information content (AvgIpc) is 3.04. The summed E-state index contributed by atoms with van der Waals surface area (Å²) in [5, 5.41) is 5.55. The lowest BCUT2D eigenvalue weighted by molar-refractivity contribution is 0.572. The van der Waals surface area contributed by atoms with Crippen LogP contribution in [0.5, 0.6) is 0 Å². The summed E-state index contributed by atoms with van der Waals surface area (Å²) in [5.74, 6) is -0.196. The minimum absolute atomic E-state index is 0.0298. The molecule has 0 aliphatic carbocycles. The molecule has 122 valence electrons. The Kier molecular flexibility index (Phi) is 4.10. The van der Waals surface area contributed by atoms with Crippen molar-refractivity contribution < 1.29 is 4.39 Å². The summed E-state index contributed by atoms with van der Waals surface area (Å²) in [7, 11) is 2.02. The molecule has 0 N–H and O–H groups in total. The van der Waals surface area contributed by atoms with Gasteiger partial charge in [0, 0.05) is 19.0 Å². The quantitative estimate of drug-likeness (QED) is 0.726. The molecule has 0 spiro atoms. The van der Waals surface area contributed by atoms with Crippen LogP contribution in [0.2, 0.25) is 0 Å². The molecular weight excluding hydrogens is 311 g/mol. The van der Waals surface area contributed by atoms with E-state index in [9.17, 15) is 4.39 Å². The lowest BCUT2D eigenvalue weighted by Crippen LogP contribution is -2.20. The number of halogens is 1. The number of fused-ring (bicyclic) bond motifs is 1. The van der Waals surface area contributed by atoms with Gasteiger partial charge in [0.2, 0.25) is 10.1 Å². The fourth-order valence-corrected chi connectivity index (χ4v) is 3.12. The summed E-state index contributed by atoms with van der Waals surface area (Å²) in [5.41, 5.74) is 2.20. The van der Waals surface area contributed by atoms with Crippen molar-refractivity contribution in [2.24, 2.45) is 0 Å². The molecule has 0 radical (unpaired) electrons. The van der Waals surface area contributed by atoms with E-state index in [-0.39, 0.29) is 11.2 Å². The molecule has 2 aromatic heterocycles. The Morgan fingerprint density at radius 2 is 1.91 bits per heavy atom.